The number of rotatable bonds is 4. The van der Waals surface area contributed by atoms with Crippen LogP contribution in [-0.4, -0.2) is 15.9 Å². The summed E-state index contributed by atoms with van der Waals surface area (Å²) in [6, 6.07) is 8.47. The van der Waals surface area contributed by atoms with E-state index in [0.29, 0.717) is 5.92 Å². The van der Waals surface area contributed by atoms with Gasteiger partial charge in [-0.2, -0.15) is 9.36 Å². The van der Waals surface area contributed by atoms with E-state index < -0.39 is 0 Å². The van der Waals surface area contributed by atoms with Gasteiger partial charge in [-0.25, -0.2) is 0 Å². The van der Waals surface area contributed by atoms with Crippen LogP contribution < -0.4 is 5.32 Å². The third kappa shape index (κ3) is 2.82. The zero-order chi connectivity index (χ0) is 12.3. The summed E-state index contributed by atoms with van der Waals surface area (Å²) < 4.78 is 4.35. The van der Waals surface area contributed by atoms with E-state index in [2.05, 4.69) is 59.7 Å². The molecule has 0 atom stereocenters. The molecule has 1 aromatic carbocycles. The van der Waals surface area contributed by atoms with Crippen molar-refractivity contribution in [3.63, 3.8) is 0 Å². The van der Waals surface area contributed by atoms with Crippen LogP contribution in [0.4, 0.5) is 5.13 Å². The fourth-order valence-corrected chi connectivity index (χ4v) is 2.24. The maximum absolute atomic E-state index is 4.44. The zero-order valence-corrected chi connectivity index (χ0v) is 11.2. The van der Waals surface area contributed by atoms with E-state index in [-0.39, 0.29) is 0 Å². The first-order valence-electron chi connectivity index (χ1n) is 5.88. The maximum Gasteiger partial charge on any atom is 0.202 e. The zero-order valence-electron chi connectivity index (χ0n) is 10.4. The van der Waals surface area contributed by atoms with Crippen LogP contribution in [0, 0.1) is 0 Å². The summed E-state index contributed by atoms with van der Waals surface area (Å²) in [6.45, 7) is 7.32. The van der Waals surface area contributed by atoms with Crippen molar-refractivity contribution in [3.05, 3.63) is 29.8 Å². The van der Waals surface area contributed by atoms with Crippen LogP contribution in [-0.2, 0) is 0 Å². The highest BCUT2D eigenvalue weighted by atomic mass is 32.1. The first kappa shape index (κ1) is 12.0. The molecule has 0 radical (unpaired) electrons. The largest absolute Gasteiger partial charge is 0.361 e. The second-order valence-corrected chi connectivity index (χ2v) is 4.98. The molecule has 1 N–H and O–H groups in total. The molecular formula is C13H17N3S. The molecule has 2 aromatic rings. The topological polar surface area (TPSA) is 37.8 Å². The minimum absolute atomic E-state index is 0.560. The smallest absolute Gasteiger partial charge is 0.202 e. The molecule has 0 saturated carbocycles. The first-order valence-corrected chi connectivity index (χ1v) is 6.66. The lowest BCUT2D eigenvalue weighted by atomic mass is 10.0. The third-order valence-corrected chi connectivity index (χ3v) is 3.26. The predicted molar refractivity (Wildman–Crippen MR) is 73.6 cm³/mol. The van der Waals surface area contributed by atoms with Crippen molar-refractivity contribution >= 4 is 16.7 Å². The van der Waals surface area contributed by atoms with Crippen molar-refractivity contribution in [1.82, 2.24) is 9.36 Å². The highest BCUT2D eigenvalue weighted by Crippen LogP contribution is 2.23. The molecule has 0 bridgehead atoms. The molecule has 0 saturated heterocycles. The molecule has 1 aromatic heterocycles. The molecule has 0 fully saturated rings. The van der Waals surface area contributed by atoms with Gasteiger partial charge in [0.15, 0.2) is 5.82 Å². The Morgan fingerprint density at radius 1 is 1.24 bits per heavy atom. The highest BCUT2D eigenvalue weighted by molar-refractivity contribution is 7.09. The Labute approximate surface area is 106 Å². The Morgan fingerprint density at radius 2 is 1.94 bits per heavy atom. The second-order valence-electron chi connectivity index (χ2n) is 4.23. The molecule has 90 valence electrons. The fraction of sp³-hybridized carbons (Fsp3) is 0.385. The van der Waals surface area contributed by atoms with Crippen LogP contribution in [0.2, 0.25) is 0 Å². The number of hydrogen-bond donors (Lipinski definition) is 1. The van der Waals surface area contributed by atoms with Gasteiger partial charge in [0.05, 0.1) is 0 Å². The van der Waals surface area contributed by atoms with E-state index in [1.807, 2.05) is 0 Å². The SMILES string of the molecule is CCNc1nc(-c2ccc(C(C)C)cc2)ns1. The lowest BCUT2D eigenvalue weighted by Crippen LogP contribution is -1.95. The van der Waals surface area contributed by atoms with Crippen LogP contribution >= 0.6 is 11.5 Å². The van der Waals surface area contributed by atoms with Gasteiger partial charge in [-0.3, -0.25) is 0 Å². The van der Waals surface area contributed by atoms with E-state index in [1.54, 1.807) is 0 Å². The molecule has 17 heavy (non-hydrogen) atoms. The Balaban J connectivity index is 2.21. The molecule has 0 spiro atoms. The normalized spacial score (nSPS) is 10.8. The second kappa shape index (κ2) is 5.27. The van der Waals surface area contributed by atoms with Crippen LogP contribution in [0.15, 0.2) is 24.3 Å². The number of hydrogen-bond acceptors (Lipinski definition) is 4. The van der Waals surface area contributed by atoms with Crippen LogP contribution in [0.1, 0.15) is 32.3 Å². The van der Waals surface area contributed by atoms with E-state index in [0.717, 1.165) is 23.1 Å². The standard InChI is InChI=1S/C13H17N3S/c1-4-14-13-15-12(16-17-13)11-7-5-10(6-8-11)9(2)3/h5-9H,4H2,1-3H3,(H,14,15,16). The molecular weight excluding hydrogens is 230 g/mol. The van der Waals surface area contributed by atoms with Crippen molar-refractivity contribution in [2.45, 2.75) is 26.7 Å². The average molecular weight is 247 g/mol. The lowest BCUT2D eigenvalue weighted by Gasteiger charge is -2.04. The van der Waals surface area contributed by atoms with Crippen LogP contribution in [0.25, 0.3) is 11.4 Å². The fourth-order valence-electron chi connectivity index (χ4n) is 1.58. The Morgan fingerprint density at radius 3 is 2.53 bits per heavy atom. The van der Waals surface area contributed by atoms with Crippen molar-refractivity contribution in [2.75, 3.05) is 11.9 Å². The summed E-state index contributed by atoms with van der Waals surface area (Å²) in [5.41, 5.74) is 2.42. The summed E-state index contributed by atoms with van der Waals surface area (Å²) in [5.74, 6) is 1.37. The molecule has 1 heterocycles. The third-order valence-electron chi connectivity index (χ3n) is 2.59. The van der Waals surface area contributed by atoms with Gasteiger partial charge in [0, 0.05) is 23.6 Å². The van der Waals surface area contributed by atoms with Gasteiger partial charge in [-0.1, -0.05) is 38.1 Å². The molecule has 0 aliphatic carbocycles. The summed E-state index contributed by atoms with van der Waals surface area (Å²) in [6.07, 6.45) is 0. The van der Waals surface area contributed by atoms with Crippen molar-refractivity contribution < 1.29 is 0 Å². The number of aromatic nitrogens is 2. The van der Waals surface area contributed by atoms with E-state index in [4.69, 9.17) is 0 Å². The van der Waals surface area contributed by atoms with Gasteiger partial charge in [-0.15, -0.1) is 0 Å². The molecule has 3 nitrogen and oxygen atoms in total. The highest BCUT2D eigenvalue weighted by Gasteiger charge is 2.06. The number of nitrogens with zero attached hydrogens (tertiary/aromatic N) is 2. The summed E-state index contributed by atoms with van der Waals surface area (Å²) in [7, 11) is 0. The van der Waals surface area contributed by atoms with Gasteiger partial charge >= 0.3 is 0 Å². The minimum Gasteiger partial charge on any atom is -0.361 e. The number of anilines is 1. The Hall–Kier alpha value is -1.42. The average Bonchev–Trinajstić information content (AvgIpc) is 2.78. The van der Waals surface area contributed by atoms with E-state index in [1.165, 1.54) is 17.1 Å². The maximum atomic E-state index is 4.44. The molecule has 4 heteroatoms. The van der Waals surface area contributed by atoms with E-state index in [9.17, 15) is 0 Å². The molecule has 2 rings (SSSR count). The van der Waals surface area contributed by atoms with Gasteiger partial charge < -0.3 is 5.32 Å². The number of benzene rings is 1. The van der Waals surface area contributed by atoms with Crippen molar-refractivity contribution in [1.29, 1.82) is 0 Å². The summed E-state index contributed by atoms with van der Waals surface area (Å²) in [5, 5.41) is 4.06. The first-order chi connectivity index (χ1) is 8.20. The summed E-state index contributed by atoms with van der Waals surface area (Å²) in [4.78, 5) is 4.44. The van der Waals surface area contributed by atoms with E-state index >= 15 is 0 Å². The Bertz CT molecular complexity index is 474. The predicted octanol–water partition coefficient (Wildman–Crippen LogP) is 3.76. The quantitative estimate of drug-likeness (QED) is 0.894. The molecule has 0 unspecified atom stereocenters. The van der Waals surface area contributed by atoms with Crippen LogP contribution in [0.3, 0.4) is 0 Å². The minimum atomic E-state index is 0.560. The van der Waals surface area contributed by atoms with Gasteiger partial charge in [-0.05, 0) is 18.4 Å². The van der Waals surface area contributed by atoms with Gasteiger partial charge in [0.2, 0.25) is 5.13 Å². The van der Waals surface area contributed by atoms with Crippen LogP contribution in [0.5, 0.6) is 0 Å². The molecule has 0 amide bonds. The number of nitrogens with one attached hydrogen (secondary N) is 1. The van der Waals surface area contributed by atoms with Gasteiger partial charge in [0.1, 0.15) is 0 Å². The van der Waals surface area contributed by atoms with Crippen molar-refractivity contribution in [2.24, 2.45) is 0 Å². The molecule has 0 aliphatic rings. The lowest BCUT2D eigenvalue weighted by molar-refractivity contribution is 0.867. The molecule has 0 aliphatic heterocycles. The monoisotopic (exact) mass is 247 g/mol. The van der Waals surface area contributed by atoms with Gasteiger partial charge in [0.25, 0.3) is 0 Å². The Kier molecular flexibility index (Phi) is 3.74. The van der Waals surface area contributed by atoms with Crippen molar-refractivity contribution in [3.8, 4) is 11.4 Å². The summed E-state index contributed by atoms with van der Waals surface area (Å²) >= 11 is 1.41.